The molecule has 1 unspecified atom stereocenters. The second-order valence-electron chi connectivity index (χ2n) is 5.21. The molecule has 7 nitrogen and oxygen atoms in total. The van der Waals surface area contributed by atoms with Crippen LogP contribution in [0.1, 0.15) is 23.7 Å². The van der Waals surface area contributed by atoms with Crippen LogP contribution in [0.25, 0.3) is 0 Å². The number of rotatable bonds is 3. The molecule has 20 heavy (non-hydrogen) atoms. The first-order chi connectivity index (χ1) is 9.34. The van der Waals surface area contributed by atoms with Crippen LogP contribution in [0, 0.1) is 10.1 Å². The normalized spacial score (nSPS) is 21.9. The smallest absolute Gasteiger partial charge is 0.270 e. The molecular formula is C13H17N3O4. The summed E-state index contributed by atoms with van der Waals surface area (Å²) in [7, 11) is 1.65. The summed E-state index contributed by atoms with van der Waals surface area (Å²) in [6.07, 6.45) is 0.503. The van der Waals surface area contributed by atoms with E-state index in [0.29, 0.717) is 18.7 Å². The van der Waals surface area contributed by atoms with Gasteiger partial charge in [0.05, 0.1) is 16.1 Å². The SMILES string of the molecule is CNc1ccc([N+](=O)[O-])cc1C(=O)N1CCC(C)(O)C1. The van der Waals surface area contributed by atoms with Crippen LogP contribution in [0.2, 0.25) is 0 Å². The fourth-order valence-electron chi connectivity index (χ4n) is 2.33. The second-order valence-corrected chi connectivity index (χ2v) is 5.21. The highest BCUT2D eigenvalue weighted by atomic mass is 16.6. The molecule has 1 heterocycles. The van der Waals surface area contributed by atoms with E-state index in [1.54, 1.807) is 14.0 Å². The standard InChI is InChI=1S/C13H17N3O4/c1-13(18)5-6-15(8-13)12(17)10-7-9(16(19)20)3-4-11(10)14-2/h3-4,7,14,18H,5-6,8H2,1-2H3. The number of amides is 1. The number of carbonyl (C=O) groups excluding carboxylic acids is 1. The predicted molar refractivity (Wildman–Crippen MR) is 73.8 cm³/mol. The highest BCUT2D eigenvalue weighted by Crippen LogP contribution is 2.27. The van der Waals surface area contributed by atoms with Gasteiger partial charge in [-0.1, -0.05) is 0 Å². The minimum Gasteiger partial charge on any atom is -0.388 e. The fourth-order valence-corrected chi connectivity index (χ4v) is 2.33. The van der Waals surface area contributed by atoms with Crippen LogP contribution in [0.3, 0.4) is 0 Å². The van der Waals surface area contributed by atoms with E-state index in [9.17, 15) is 20.0 Å². The van der Waals surface area contributed by atoms with Crippen molar-refractivity contribution in [2.24, 2.45) is 0 Å². The van der Waals surface area contributed by atoms with Gasteiger partial charge in [-0.25, -0.2) is 0 Å². The summed E-state index contributed by atoms with van der Waals surface area (Å²) in [6.45, 7) is 2.35. The Labute approximate surface area is 116 Å². The maximum absolute atomic E-state index is 12.4. The molecule has 0 aliphatic carbocycles. The number of benzene rings is 1. The van der Waals surface area contributed by atoms with Crippen molar-refractivity contribution in [3.63, 3.8) is 0 Å². The van der Waals surface area contributed by atoms with E-state index < -0.39 is 10.5 Å². The third-order valence-corrected chi connectivity index (χ3v) is 3.45. The lowest BCUT2D eigenvalue weighted by Gasteiger charge is -2.20. The number of likely N-dealkylation sites (tertiary alicyclic amines) is 1. The van der Waals surface area contributed by atoms with Gasteiger partial charge in [0.1, 0.15) is 0 Å². The lowest BCUT2D eigenvalue weighted by Crippen LogP contribution is -2.34. The number of hydrogen-bond donors (Lipinski definition) is 2. The van der Waals surface area contributed by atoms with Crippen molar-refractivity contribution < 1.29 is 14.8 Å². The Kier molecular flexibility index (Phi) is 3.63. The Morgan fingerprint density at radius 1 is 1.55 bits per heavy atom. The van der Waals surface area contributed by atoms with Gasteiger partial charge in [-0.05, 0) is 19.4 Å². The first-order valence-corrected chi connectivity index (χ1v) is 6.32. The van der Waals surface area contributed by atoms with Crippen molar-refractivity contribution >= 4 is 17.3 Å². The molecule has 0 bridgehead atoms. The molecule has 7 heteroatoms. The number of nitrogens with zero attached hydrogens (tertiary/aromatic N) is 2. The largest absolute Gasteiger partial charge is 0.388 e. The summed E-state index contributed by atoms with van der Waals surface area (Å²) in [5.74, 6) is -0.309. The van der Waals surface area contributed by atoms with Crippen LogP contribution >= 0.6 is 0 Å². The molecule has 0 saturated carbocycles. The summed E-state index contributed by atoms with van der Waals surface area (Å²) in [4.78, 5) is 24.2. The Bertz CT molecular complexity index is 557. The molecule has 2 rings (SSSR count). The molecule has 1 aliphatic heterocycles. The van der Waals surface area contributed by atoms with E-state index in [4.69, 9.17) is 0 Å². The lowest BCUT2D eigenvalue weighted by molar-refractivity contribution is -0.384. The topological polar surface area (TPSA) is 95.7 Å². The number of hydrogen-bond acceptors (Lipinski definition) is 5. The van der Waals surface area contributed by atoms with Crippen LogP contribution in [-0.2, 0) is 0 Å². The van der Waals surface area contributed by atoms with Crippen LogP contribution in [0.5, 0.6) is 0 Å². The van der Waals surface area contributed by atoms with Gasteiger partial charge in [-0.3, -0.25) is 14.9 Å². The number of β-amino-alcohol motifs (C(OH)–C–C–N with tert-alkyl or cyclic N) is 1. The number of non-ortho nitro benzene ring substituents is 1. The zero-order chi connectivity index (χ0) is 14.9. The van der Waals surface area contributed by atoms with Gasteiger partial charge in [0.15, 0.2) is 0 Å². The summed E-state index contributed by atoms with van der Waals surface area (Å²) in [6, 6.07) is 4.13. The van der Waals surface area contributed by atoms with Crippen molar-refractivity contribution in [1.29, 1.82) is 0 Å². The summed E-state index contributed by atoms with van der Waals surface area (Å²) in [5, 5.41) is 23.6. The van der Waals surface area contributed by atoms with Crippen molar-refractivity contribution in [3.8, 4) is 0 Å². The Balaban J connectivity index is 2.33. The van der Waals surface area contributed by atoms with E-state index in [1.165, 1.54) is 23.1 Å². The number of aliphatic hydroxyl groups is 1. The molecule has 1 aromatic carbocycles. The number of nitro groups is 1. The van der Waals surface area contributed by atoms with Crippen LogP contribution in [-0.4, -0.2) is 46.6 Å². The number of nitrogens with one attached hydrogen (secondary N) is 1. The average molecular weight is 279 g/mol. The molecule has 1 atom stereocenters. The first-order valence-electron chi connectivity index (χ1n) is 6.32. The van der Waals surface area contributed by atoms with Crippen molar-refractivity contribution in [3.05, 3.63) is 33.9 Å². The molecule has 108 valence electrons. The maximum Gasteiger partial charge on any atom is 0.270 e. The molecule has 1 saturated heterocycles. The van der Waals surface area contributed by atoms with Crippen LogP contribution in [0.15, 0.2) is 18.2 Å². The third-order valence-electron chi connectivity index (χ3n) is 3.45. The number of anilines is 1. The predicted octanol–water partition coefficient (Wildman–Crippen LogP) is 1.23. The fraction of sp³-hybridized carbons (Fsp3) is 0.462. The van der Waals surface area contributed by atoms with E-state index in [2.05, 4.69) is 5.32 Å². The molecule has 1 aromatic rings. The minimum atomic E-state index is -0.893. The Morgan fingerprint density at radius 3 is 2.75 bits per heavy atom. The Hall–Kier alpha value is -2.15. The molecular weight excluding hydrogens is 262 g/mol. The number of nitro benzene ring substituents is 1. The van der Waals surface area contributed by atoms with Gasteiger partial charge in [-0.2, -0.15) is 0 Å². The maximum atomic E-state index is 12.4. The quantitative estimate of drug-likeness (QED) is 0.641. The highest BCUT2D eigenvalue weighted by molar-refractivity contribution is 6.00. The summed E-state index contributed by atoms with van der Waals surface area (Å²) >= 11 is 0. The van der Waals surface area contributed by atoms with Crippen molar-refractivity contribution in [2.75, 3.05) is 25.5 Å². The number of carbonyl (C=O) groups is 1. The molecule has 1 aliphatic rings. The molecule has 2 N–H and O–H groups in total. The van der Waals surface area contributed by atoms with Crippen molar-refractivity contribution in [1.82, 2.24) is 4.90 Å². The molecule has 1 fully saturated rings. The third kappa shape index (κ3) is 2.72. The summed E-state index contributed by atoms with van der Waals surface area (Å²) < 4.78 is 0. The molecule has 0 aromatic heterocycles. The first kappa shape index (κ1) is 14.3. The summed E-state index contributed by atoms with van der Waals surface area (Å²) in [5.41, 5.74) is -0.235. The van der Waals surface area contributed by atoms with Gasteiger partial charge < -0.3 is 15.3 Å². The van der Waals surface area contributed by atoms with E-state index in [0.717, 1.165) is 0 Å². The lowest BCUT2D eigenvalue weighted by atomic mass is 10.1. The van der Waals surface area contributed by atoms with E-state index in [-0.39, 0.29) is 23.7 Å². The van der Waals surface area contributed by atoms with Gasteiger partial charge in [0.2, 0.25) is 0 Å². The minimum absolute atomic E-state index is 0.127. The van der Waals surface area contributed by atoms with Gasteiger partial charge in [-0.15, -0.1) is 0 Å². The molecule has 1 amide bonds. The van der Waals surface area contributed by atoms with E-state index >= 15 is 0 Å². The zero-order valence-electron chi connectivity index (χ0n) is 11.4. The molecule has 0 radical (unpaired) electrons. The Morgan fingerprint density at radius 2 is 2.25 bits per heavy atom. The van der Waals surface area contributed by atoms with Crippen LogP contribution in [0.4, 0.5) is 11.4 Å². The second kappa shape index (κ2) is 5.09. The monoisotopic (exact) mass is 279 g/mol. The average Bonchev–Trinajstić information content (AvgIpc) is 2.77. The highest BCUT2D eigenvalue weighted by Gasteiger charge is 2.35. The molecule has 0 spiro atoms. The van der Waals surface area contributed by atoms with Gasteiger partial charge >= 0.3 is 0 Å². The van der Waals surface area contributed by atoms with Gasteiger partial charge in [0, 0.05) is 38.0 Å². The van der Waals surface area contributed by atoms with Crippen LogP contribution < -0.4 is 5.32 Å². The van der Waals surface area contributed by atoms with Gasteiger partial charge in [0.25, 0.3) is 11.6 Å². The van der Waals surface area contributed by atoms with E-state index in [1.807, 2.05) is 0 Å². The zero-order valence-corrected chi connectivity index (χ0v) is 11.4. The van der Waals surface area contributed by atoms with Crippen molar-refractivity contribution in [2.45, 2.75) is 18.9 Å².